The van der Waals surface area contributed by atoms with Gasteiger partial charge in [-0.05, 0) is 12.5 Å². The van der Waals surface area contributed by atoms with Gasteiger partial charge in [0, 0.05) is 17.4 Å². The first kappa shape index (κ1) is 9.71. The van der Waals surface area contributed by atoms with E-state index in [2.05, 4.69) is 4.98 Å². The highest BCUT2D eigenvalue weighted by Crippen LogP contribution is 1.98. The zero-order valence-corrected chi connectivity index (χ0v) is 7.23. The molecule has 0 radical (unpaired) electrons. The van der Waals surface area contributed by atoms with E-state index in [0.29, 0.717) is 23.1 Å². The summed E-state index contributed by atoms with van der Waals surface area (Å²) in [7, 11) is -1.56. The van der Waals surface area contributed by atoms with E-state index < -0.39 is 7.12 Å². The van der Waals surface area contributed by atoms with Gasteiger partial charge in [-0.3, -0.25) is 4.98 Å². The normalized spacial score (nSPS) is 9.38. The minimum Gasteiger partial charge on any atom is -0.423 e. The zero-order chi connectivity index (χ0) is 9.84. The molecule has 1 heterocycles. The fourth-order valence-corrected chi connectivity index (χ4v) is 1.09. The van der Waals surface area contributed by atoms with Crippen LogP contribution in [0, 0.1) is 11.3 Å². The number of nitrogens with zero attached hydrogens (tertiary/aromatic N) is 2. The Bertz CT molecular complexity index is 346. The van der Waals surface area contributed by atoms with Crippen molar-refractivity contribution in [3.05, 3.63) is 23.5 Å². The van der Waals surface area contributed by atoms with Gasteiger partial charge >= 0.3 is 7.12 Å². The number of hydrogen-bond acceptors (Lipinski definition) is 4. The number of rotatable bonds is 2. The Kier molecular flexibility index (Phi) is 3.01. The lowest BCUT2D eigenvalue weighted by Gasteiger charge is -2.04. The van der Waals surface area contributed by atoms with Gasteiger partial charge in [0.2, 0.25) is 0 Å². The van der Waals surface area contributed by atoms with Gasteiger partial charge in [0.05, 0.1) is 5.56 Å². The maximum absolute atomic E-state index is 8.96. The number of aryl methyl sites for hydroxylation is 1. The highest BCUT2D eigenvalue weighted by molar-refractivity contribution is 6.59. The van der Waals surface area contributed by atoms with Crippen LogP contribution in [0.3, 0.4) is 0 Å². The van der Waals surface area contributed by atoms with Crippen molar-refractivity contribution in [2.75, 3.05) is 0 Å². The van der Waals surface area contributed by atoms with Crippen LogP contribution in [0.25, 0.3) is 0 Å². The predicted molar refractivity (Wildman–Crippen MR) is 48.2 cm³/mol. The number of aromatic nitrogens is 1. The second-order valence-corrected chi connectivity index (χ2v) is 2.60. The molecule has 0 bridgehead atoms. The molecule has 0 atom stereocenters. The molecule has 0 aliphatic carbocycles. The molecule has 1 aromatic rings. The van der Waals surface area contributed by atoms with Gasteiger partial charge in [-0.1, -0.05) is 6.92 Å². The van der Waals surface area contributed by atoms with E-state index in [1.807, 2.05) is 13.0 Å². The minimum atomic E-state index is -1.56. The van der Waals surface area contributed by atoms with Crippen LogP contribution in [0.4, 0.5) is 0 Å². The molecular weight excluding hydrogens is 167 g/mol. The topological polar surface area (TPSA) is 77.1 Å². The molecule has 0 saturated carbocycles. The Morgan fingerprint density at radius 1 is 1.62 bits per heavy atom. The molecule has 0 aromatic carbocycles. The summed E-state index contributed by atoms with van der Waals surface area (Å²) < 4.78 is 0. The van der Waals surface area contributed by atoms with E-state index in [-0.39, 0.29) is 0 Å². The Labute approximate surface area is 76.6 Å². The fourth-order valence-electron chi connectivity index (χ4n) is 1.09. The Morgan fingerprint density at radius 3 is 2.77 bits per heavy atom. The second-order valence-electron chi connectivity index (χ2n) is 2.60. The van der Waals surface area contributed by atoms with E-state index in [1.165, 1.54) is 12.3 Å². The fraction of sp³-hybridized carbons (Fsp3) is 0.250. The van der Waals surface area contributed by atoms with Crippen LogP contribution in [-0.4, -0.2) is 22.2 Å². The van der Waals surface area contributed by atoms with E-state index in [0.717, 1.165) is 0 Å². The number of hydrogen-bond donors (Lipinski definition) is 2. The molecule has 4 nitrogen and oxygen atoms in total. The van der Waals surface area contributed by atoms with Gasteiger partial charge in [-0.2, -0.15) is 5.26 Å². The van der Waals surface area contributed by atoms with Crippen molar-refractivity contribution in [3.8, 4) is 6.07 Å². The van der Waals surface area contributed by atoms with E-state index >= 15 is 0 Å². The molecule has 0 amide bonds. The molecule has 66 valence electrons. The summed E-state index contributed by atoms with van der Waals surface area (Å²) in [5, 5.41) is 26.5. The quantitative estimate of drug-likeness (QED) is 0.578. The lowest BCUT2D eigenvalue weighted by molar-refractivity contribution is 0.425. The molecule has 0 saturated heterocycles. The van der Waals surface area contributed by atoms with Gasteiger partial charge in [-0.25, -0.2) is 0 Å². The first-order chi connectivity index (χ1) is 6.19. The van der Waals surface area contributed by atoms with Gasteiger partial charge in [0.1, 0.15) is 6.07 Å². The molecule has 5 heteroatoms. The highest BCUT2D eigenvalue weighted by Gasteiger charge is 2.16. The lowest BCUT2D eigenvalue weighted by atomic mass is 9.78. The molecule has 0 unspecified atom stereocenters. The third kappa shape index (κ3) is 2.05. The molecule has 13 heavy (non-hydrogen) atoms. The van der Waals surface area contributed by atoms with Crippen molar-refractivity contribution in [2.45, 2.75) is 13.3 Å². The summed E-state index contributed by atoms with van der Waals surface area (Å²) in [6, 6.07) is 3.33. The maximum atomic E-state index is 8.96. The van der Waals surface area contributed by atoms with Gasteiger partial charge < -0.3 is 10.0 Å². The van der Waals surface area contributed by atoms with Gasteiger partial charge in [0.15, 0.2) is 0 Å². The molecule has 0 fully saturated rings. The average molecular weight is 176 g/mol. The minimum absolute atomic E-state index is 0.307. The summed E-state index contributed by atoms with van der Waals surface area (Å²) >= 11 is 0. The van der Waals surface area contributed by atoms with Gasteiger partial charge in [-0.15, -0.1) is 0 Å². The van der Waals surface area contributed by atoms with Crippen LogP contribution in [0.2, 0.25) is 0 Å². The van der Waals surface area contributed by atoms with Crippen LogP contribution in [-0.2, 0) is 6.42 Å². The summed E-state index contributed by atoms with van der Waals surface area (Å²) in [6.07, 6.45) is 2.03. The Balaban J connectivity index is 3.20. The van der Waals surface area contributed by atoms with E-state index in [4.69, 9.17) is 15.3 Å². The molecule has 1 aromatic heterocycles. The van der Waals surface area contributed by atoms with Crippen molar-refractivity contribution in [2.24, 2.45) is 0 Å². The summed E-state index contributed by atoms with van der Waals surface area (Å²) in [6.45, 7) is 1.86. The SMILES string of the molecule is CCc1ncc(C#N)cc1B(O)O. The number of pyridine rings is 1. The monoisotopic (exact) mass is 176 g/mol. The molecule has 0 spiro atoms. The van der Waals surface area contributed by atoms with Crippen molar-refractivity contribution in [1.82, 2.24) is 4.98 Å². The summed E-state index contributed by atoms with van der Waals surface area (Å²) in [4.78, 5) is 3.95. The molecule has 0 aliphatic rings. The Hall–Kier alpha value is -1.38. The van der Waals surface area contributed by atoms with E-state index in [9.17, 15) is 0 Å². The van der Waals surface area contributed by atoms with E-state index in [1.54, 1.807) is 0 Å². The smallest absolute Gasteiger partial charge is 0.423 e. The molecular formula is C8H9BN2O2. The lowest BCUT2D eigenvalue weighted by Crippen LogP contribution is -2.34. The van der Waals surface area contributed by atoms with Crippen molar-refractivity contribution in [3.63, 3.8) is 0 Å². The van der Waals surface area contributed by atoms with Crippen LogP contribution < -0.4 is 5.46 Å². The standard InChI is InChI=1S/C8H9BN2O2/c1-2-8-7(9(12)13)3-6(4-10)5-11-8/h3,5,12-13H,2H2,1H3. The van der Waals surface area contributed by atoms with Crippen molar-refractivity contribution in [1.29, 1.82) is 5.26 Å². The molecule has 1 rings (SSSR count). The van der Waals surface area contributed by atoms with Crippen LogP contribution in [0.5, 0.6) is 0 Å². The van der Waals surface area contributed by atoms with Crippen LogP contribution >= 0.6 is 0 Å². The average Bonchev–Trinajstić information content (AvgIpc) is 2.16. The second kappa shape index (κ2) is 4.03. The highest BCUT2D eigenvalue weighted by atomic mass is 16.4. The predicted octanol–water partition coefficient (Wildman–Crippen LogP) is -0.805. The molecule has 2 N–H and O–H groups in total. The number of nitriles is 1. The zero-order valence-electron chi connectivity index (χ0n) is 7.23. The van der Waals surface area contributed by atoms with Crippen molar-refractivity contribution < 1.29 is 10.0 Å². The summed E-state index contributed by atoms with van der Waals surface area (Å²) in [5.41, 5.74) is 1.25. The van der Waals surface area contributed by atoms with Gasteiger partial charge in [0.25, 0.3) is 0 Å². The first-order valence-corrected chi connectivity index (χ1v) is 3.94. The summed E-state index contributed by atoms with van der Waals surface area (Å²) in [5.74, 6) is 0. The van der Waals surface area contributed by atoms with Crippen LogP contribution in [0.15, 0.2) is 12.3 Å². The third-order valence-corrected chi connectivity index (χ3v) is 1.75. The largest absolute Gasteiger partial charge is 0.490 e. The van der Waals surface area contributed by atoms with Crippen LogP contribution in [0.1, 0.15) is 18.2 Å². The maximum Gasteiger partial charge on any atom is 0.490 e. The molecule has 0 aliphatic heterocycles. The first-order valence-electron chi connectivity index (χ1n) is 3.94. The van der Waals surface area contributed by atoms with Crippen molar-refractivity contribution >= 4 is 12.6 Å². The Morgan fingerprint density at radius 2 is 2.31 bits per heavy atom. The third-order valence-electron chi connectivity index (χ3n) is 1.75.